The van der Waals surface area contributed by atoms with E-state index in [4.69, 9.17) is 0 Å². The Morgan fingerprint density at radius 2 is 1.83 bits per heavy atom. The van der Waals surface area contributed by atoms with Crippen molar-refractivity contribution < 1.29 is 0 Å². The highest BCUT2D eigenvalue weighted by Crippen LogP contribution is 2.21. The van der Waals surface area contributed by atoms with Crippen LogP contribution in [0.25, 0.3) is 5.69 Å². The third-order valence-electron chi connectivity index (χ3n) is 3.59. The lowest BCUT2D eigenvalue weighted by atomic mass is 9.90. The number of benzene rings is 1. The second kappa shape index (κ2) is 5.31. The molecule has 1 saturated heterocycles. The van der Waals surface area contributed by atoms with E-state index in [0.29, 0.717) is 0 Å². The van der Waals surface area contributed by atoms with Crippen molar-refractivity contribution in [2.45, 2.75) is 19.3 Å². The van der Waals surface area contributed by atoms with E-state index in [1.54, 1.807) is 17.2 Å². The van der Waals surface area contributed by atoms with Gasteiger partial charge in [-0.2, -0.15) is 15.0 Å². The molecule has 1 aliphatic heterocycles. The van der Waals surface area contributed by atoms with E-state index >= 15 is 0 Å². The fourth-order valence-corrected chi connectivity index (χ4v) is 2.62. The van der Waals surface area contributed by atoms with Crippen LogP contribution in [0.3, 0.4) is 0 Å². The van der Waals surface area contributed by atoms with Gasteiger partial charge in [0.1, 0.15) is 0 Å². The number of hydrogen-bond acceptors (Lipinski definition) is 3. The third kappa shape index (κ3) is 2.43. The summed E-state index contributed by atoms with van der Waals surface area (Å²) in [7, 11) is 0. The quantitative estimate of drug-likeness (QED) is 0.892. The lowest BCUT2D eigenvalue weighted by Crippen LogP contribution is -2.28. The van der Waals surface area contributed by atoms with Crippen molar-refractivity contribution in [2.75, 3.05) is 13.1 Å². The van der Waals surface area contributed by atoms with Gasteiger partial charge in [-0.05, 0) is 49.9 Å². The van der Waals surface area contributed by atoms with Crippen LogP contribution < -0.4 is 5.32 Å². The first kappa shape index (κ1) is 11.4. The molecule has 0 spiro atoms. The van der Waals surface area contributed by atoms with Gasteiger partial charge in [0, 0.05) is 0 Å². The Hall–Kier alpha value is -1.68. The molecule has 1 aromatic heterocycles. The molecular formula is C14H18N4. The van der Waals surface area contributed by atoms with E-state index in [1.807, 2.05) is 6.07 Å². The first-order chi connectivity index (χ1) is 8.93. The van der Waals surface area contributed by atoms with Crippen LogP contribution in [0.5, 0.6) is 0 Å². The lowest BCUT2D eigenvalue weighted by molar-refractivity contribution is 0.372. The van der Waals surface area contributed by atoms with Crippen molar-refractivity contribution in [2.24, 2.45) is 5.92 Å². The standard InChI is InChI=1S/C14H18N4/c1-2-4-14(18-16-9-10-17-18)13(3-1)11-12-5-7-15-8-6-12/h1-4,9-10,12,15H,5-8,11H2. The Kier molecular flexibility index (Phi) is 3.37. The molecule has 3 rings (SSSR count). The molecule has 0 radical (unpaired) electrons. The number of hydrogen-bond donors (Lipinski definition) is 1. The van der Waals surface area contributed by atoms with Crippen LogP contribution in [0, 0.1) is 5.92 Å². The number of piperidine rings is 1. The maximum atomic E-state index is 4.23. The summed E-state index contributed by atoms with van der Waals surface area (Å²) in [6, 6.07) is 8.44. The predicted molar refractivity (Wildman–Crippen MR) is 70.7 cm³/mol. The molecule has 94 valence electrons. The Labute approximate surface area is 107 Å². The molecule has 18 heavy (non-hydrogen) atoms. The molecule has 2 aromatic rings. The van der Waals surface area contributed by atoms with Crippen molar-refractivity contribution in [3.05, 3.63) is 42.2 Å². The van der Waals surface area contributed by atoms with E-state index in [9.17, 15) is 0 Å². The van der Waals surface area contributed by atoms with Crippen LogP contribution in [-0.4, -0.2) is 28.1 Å². The maximum absolute atomic E-state index is 4.23. The van der Waals surface area contributed by atoms with Crippen LogP contribution in [0.15, 0.2) is 36.7 Å². The van der Waals surface area contributed by atoms with Crippen LogP contribution in [-0.2, 0) is 6.42 Å². The van der Waals surface area contributed by atoms with Gasteiger partial charge < -0.3 is 5.32 Å². The molecular weight excluding hydrogens is 224 g/mol. The zero-order chi connectivity index (χ0) is 12.2. The highest BCUT2D eigenvalue weighted by molar-refractivity contribution is 5.39. The van der Waals surface area contributed by atoms with E-state index in [0.717, 1.165) is 31.1 Å². The average molecular weight is 242 g/mol. The minimum atomic E-state index is 0.781. The molecule has 0 saturated carbocycles. The van der Waals surface area contributed by atoms with Crippen molar-refractivity contribution in [3.63, 3.8) is 0 Å². The second-order valence-corrected chi connectivity index (χ2v) is 4.84. The molecule has 0 amide bonds. The summed E-state index contributed by atoms with van der Waals surface area (Å²) in [6.07, 6.45) is 7.10. The van der Waals surface area contributed by atoms with E-state index in [-0.39, 0.29) is 0 Å². The van der Waals surface area contributed by atoms with Gasteiger partial charge in [-0.15, -0.1) is 0 Å². The minimum absolute atomic E-state index is 0.781. The van der Waals surface area contributed by atoms with Crippen LogP contribution in [0.1, 0.15) is 18.4 Å². The first-order valence-electron chi connectivity index (χ1n) is 6.59. The van der Waals surface area contributed by atoms with Gasteiger partial charge in [-0.25, -0.2) is 0 Å². The second-order valence-electron chi connectivity index (χ2n) is 4.84. The summed E-state index contributed by atoms with van der Waals surface area (Å²) < 4.78 is 0. The van der Waals surface area contributed by atoms with Gasteiger partial charge in [0.25, 0.3) is 0 Å². The summed E-state index contributed by atoms with van der Waals surface area (Å²) in [4.78, 5) is 1.72. The zero-order valence-corrected chi connectivity index (χ0v) is 10.4. The van der Waals surface area contributed by atoms with Gasteiger partial charge >= 0.3 is 0 Å². The highest BCUT2D eigenvalue weighted by Gasteiger charge is 2.15. The van der Waals surface area contributed by atoms with Crippen LogP contribution >= 0.6 is 0 Å². The van der Waals surface area contributed by atoms with Crippen molar-refractivity contribution in [1.29, 1.82) is 0 Å². The van der Waals surface area contributed by atoms with E-state index in [2.05, 4.69) is 33.7 Å². The summed E-state index contributed by atoms with van der Waals surface area (Å²) in [6.45, 7) is 2.29. The maximum Gasteiger partial charge on any atom is 0.0888 e. The fourth-order valence-electron chi connectivity index (χ4n) is 2.62. The molecule has 0 unspecified atom stereocenters. The summed E-state index contributed by atoms with van der Waals surface area (Å²) in [5.74, 6) is 0.781. The molecule has 0 atom stereocenters. The highest BCUT2D eigenvalue weighted by atomic mass is 15.5. The van der Waals surface area contributed by atoms with E-state index in [1.165, 1.54) is 18.4 Å². The largest absolute Gasteiger partial charge is 0.317 e. The van der Waals surface area contributed by atoms with Crippen LogP contribution in [0.2, 0.25) is 0 Å². The monoisotopic (exact) mass is 242 g/mol. The summed E-state index contributed by atoms with van der Waals surface area (Å²) in [5, 5.41) is 11.9. The molecule has 0 bridgehead atoms. The van der Waals surface area contributed by atoms with Gasteiger partial charge in [-0.3, -0.25) is 0 Å². The van der Waals surface area contributed by atoms with Gasteiger partial charge in [-0.1, -0.05) is 18.2 Å². The molecule has 4 heteroatoms. The topological polar surface area (TPSA) is 42.7 Å². The molecule has 1 aromatic carbocycles. The fraction of sp³-hybridized carbons (Fsp3) is 0.429. The number of rotatable bonds is 3. The lowest BCUT2D eigenvalue weighted by Gasteiger charge is -2.23. The molecule has 1 aliphatic rings. The van der Waals surface area contributed by atoms with Crippen molar-refractivity contribution in [3.8, 4) is 5.69 Å². The number of aromatic nitrogens is 3. The van der Waals surface area contributed by atoms with Gasteiger partial charge in [0.05, 0.1) is 18.1 Å². The number of nitrogens with one attached hydrogen (secondary N) is 1. The van der Waals surface area contributed by atoms with Gasteiger partial charge in [0.2, 0.25) is 0 Å². The Morgan fingerprint density at radius 3 is 2.61 bits per heavy atom. The first-order valence-corrected chi connectivity index (χ1v) is 6.59. The zero-order valence-electron chi connectivity index (χ0n) is 10.4. The van der Waals surface area contributed by atoms with Crippen molar-refractivity contribution in [1.82, 2.24) is 20.3 Å². The summed E-state index contributed by atoms with van der Waals surface area (Å²) in [5.41, 5.74) is 2.46. The van der Waals surface area contributed by atoms with Crippen LogP contribution in [0.4, 0.5) is 0 Å². The smallest absolute Gasteiger partial charge is 0.0888 e. The third-order valence-corrected chi connectivity index (χ3v) is 3.59. The van der Waals surface area contributed by atoms with Crippen molar-refractivity contribution >= 4 is 0 Å². The summed E-state index contributed by atoms with van der Waals surface area (Å²) >= 11 is 0. The minimum Gasteiger partial charge on any atom is -0.317 e. The predicted octanol–water partition coefficient (Wildman–Crippen LogP) is 1.81. The molecule has 1 N–H and O–H groups in total. The molecule has 1 fully saturated rings. The average Bonchev–Trinajstić information content (AvgIpc) is 2.94. The number of nitrogens with zero attached hydrogens (tertiary/aromatic N) is 3. The van der Waals surface area contributed by atoms with E-state index < -0.39 is 0 Å². The van der Waals surface area contributed by atoms with Gasteiger partial charge in [0.15, 0.2) is 0 Å². The SMILES string of the molecule is c1ccc(-n2nccn2)c(CC2CCNCC2)c1. The molecule has 0 aliphatic carbocycles. The Balaban J connectivity index is 1.83. The normalized spacial score (nSPS) is 16.9. The Morgan fingerprint density at radius 1 is 1.11 bits per heavy atom. The molecule has 4 nitrogen and oxygen atoms in total. The number of para-hydroxylation sites is 1. The molecule has 2 heterocycles. The Bertz CT molecular complexity index is 486.